The smallest absolute Gasteiger partial charge is 0.248 e. The van der Waals surface area contributed by atoms with Crippen LogP contribution in [0.4, 0.5) is 0 Å². The number of benzene rings is 2. The van der Waals surface area contributed by atoms with E-state index in [1.165, 1.54) is 0 Å². The van der Waals surface area contributed by atoms with Gasteiger partial charge in [0.1, 0.15) is 0 Å². The Morgan fingerprint density at radius 2 is 1.76 bits per heavy atom. The van der Waals surface area contributed by atoms with Gasteiger partial charge in [0.15, 0.2) is 0 Å². The summed E-state index contributed by atoms with van der Waals surface area (Å²) < 4.78 is 0. The van der Waals surface area contributed by atoms with Gasteiger partial charge in [-0.2, -0.15) is 0 Å². The second kappa shape index (κ2) is 4.60. The Hall–Kier alpha value is -1.80. The molecule has 2 N–H and O–H groups in total. The molecule has 0 atom stereocenters. The molecule has 0 bridgehead atoms. The van der Waals surface area contributed by atoms with Gasteiger partial charge in [-0.15, -0.1) is 0 Å². The molecule has 2 rings (SSSR count). The Morgan fingerprint density at radius 3 is 2.29 bits per heavy atom. The van der Waals surface area contributed by atoms with Crippen molar-refractivity contribution < 1.29 is 4.79 Å². The number of rotatable bonds is 2. The normalized spacial score (nSPS) is 10.2. The van der Waals surface area contributed by atoms with Crippen molar-refractivity contribution in [2.45, 2.75) is 6.92 Å². The zero-order valence-electron chi connectivity index (χ0n) is 9.41. The molecule has 0 spiro atoms. The predicted octanol–water partition coefficient (Wildman–Crippen LogP) is 3.41. The van der Waals surface area contributed by atoms with Gasteiger partial charge >= 0.3 is 0 Å². The maximum atomic E-state index is 11.0. The summed E-state index contributed by atoms with van der Waals surface area (Å²) in [7, 11) is 0. The van der Waals surface area contributed by atoms with Gasteiger partial charge in [-0.1, -0.05) is 29.8 Å². The molecule has 0 fully saturated rings. The number of primary amides is 1. The van der Waals surface area contributed by atoms with Crippen molar-refractivity contribution >= 4 is 17.5 Å². The van der Waals surface area contributed by atoms with E-state index in [1.54, 1.807) is 12.1 Å². The molecule has 0 unspecified atom stereocenters. The summed E-state index contributed by atoms with van der Waals surface area (Å²) in [4.78, 5) is 11.0. The zero-order valence-corrected chi connectivity index (χ0v) is 10.2. The number of hydrogen-bond acceptors (Lipinski definition) is 1. The van der Waals surface area contributed by atoms with Crippen LogP contribution in [0.3, 0.4) is 0 Å². The van der Waals surface area contributed by atoms with Gasteiger partial charge in [0.2, 0.25) is 5.91 Å². The van der Waals surface area contributed by atoms with Crippen LogP contribution < -0.4 is 5.73 Å². The van der Waals surface area contributed by atoms with Crippen molar-refractivity contribution in [1.82, 2.24) is 0 Å². The van der Waals surface area contributed by atoms with E-state index in [9.17, 15) is 4.79 Å². The molecular formula is C14H12ClNO. The Labute approximate surface area is 105 Å². The SMILES string of the molecule is Cc1cc(Cl)ccc1-c1ccc(C(N)=O)cc1. The van der Waals surface area contributed by atoms with Gasteiger partial charge in [-0.05, 0) is 47.9 Å². The number of halogens is 1. The lowest BCUT2D eigenvalue weighted by atomic mass is 9.99. The van der Waals surface area contributed by atoms with Crippen LogP contribution in [0.25, 0.3) is 11.1 Å². The summed E-state index contributed by atoms with van der Waals surface area (Å²) in [6.07, 6.45) is 0. The van der Waals surface area contributed by atoms with E-state index in [-0.39, 0.29) is 0 Å². The molecule has 0 aromatic heterocycles. The first-order valence-electron chi connectivity index (χ1n) is 5.24. The minimum Gasteiger partial charge on any atom is -0.366 e. The third kappa shape index (κ3) is 2.48. The third-order valence-electron chi connectivity index (χ3n) is 2.67. The van der Waals surface area contributed by atoms with Gasteiger partial charge in [0.25, 0.3) is 0 Å². The average Bonchev–Trinajstić information content (AvgIpc) is 2.29. The average molecular weight is 246 g/mol. The second-order valence-electron chi connectivity index (χ2n) is 3.90. The predicted molar refractivity (Wildman–Crippen MR) is 70.1 cm³/mol. The largest absolute Gasteiger partial charge is 0.366 e. The number of hydrogen-bond donors (Lipinski definition) is 1. The lowest BCUT2D eigenvalue weighted by molar-refractivity contribution is 0.100. The lowest BCUT2D eigenvalue weighted by Gasteiger charge is -2.07. The highest BCUT2D eigenvalue weighted by Gasteiger charge is 2.04. The van der Waals surface area contributed by atoms with Crippen molar-refractivity contribution in [1.29, 1.82) is 0 Å². The highest BCUT2D eigenvalue weighted by Crippen LogP contribution is 2.26. The van der Waals surface area contributed by atoms with Crippen LogP contribution in [0.15, 0.2) is 42.5 Å². The van der Waals surface area contributed by atoms with Crippen molar-refractivity contribution in [3.8, 4) is 11.1 Å². The van der Waals surface area contributed by atoms with E-state index >= 15 is 0 Å². The van der Waals surface area contributed by atoms with Gasteiger partial charge in [-0.25, -0.2) is 0 Å². The molecule has 0 aliphatic rings. The van der Waals surface area contributed by atoms with E-state index in [0.29, 0.717) is 5.56 Å². The Morgan fingerprint density at radius 1 is 1.12 bits per heavy atom. The van der Waals surface area contributed by atoms with Gasteiger partial charge in [0.05, 0.1) is 0 Å². The monoisotopic (exact) mass is 245 g/mol. The second-order valence-corrected chi connectivity index (χ2v) is 4.34. The Balaban J connectivity index is 2.43. The fourth-order valence-electron chi connectivity index (χ4n) is 1.77. The quantitative estimate of drug-likeness (QED) is 0.866. The zero-order chi connectivity index (χ0) is 12.4. The molecule has 1 amide bonds. The van der Waals surface area contributed by atoms with Crippen LogP contribution in [-0.2, 0) is 0 Å². The van der Waals surface area contributed by atoms with Crippen LogP contribution >= 0.6 is 11.6 Å². The van der Waals surface area contributed by atoms with Gasteiger partial charge < -0.3 is 5.73 Å². The van der Waals surface area contributed by atoms with Crippen LogP contribution in [0.1, 0.15) is 15.9 Å². The minimum absolute atomic E-state index is 0.413. The first kappa shape index (κ1) is 11.7. The molecule has 0 radical (unpaired) electrons. The van der Waals surface area contributed by atoms with Crippen molar-refractivity contribution in [3.05, 3.63) is 58.6 Å². The Kier molecular flexibility index (Phi) is 3.16. The molecule has 2 aromatic rings. The van der Waals surface area contributed by atoms with Gasteiger partial charge in [0, 0.05) is 10.6 Å². The fraction of sp³-hybridized carbons (Fsp3) is 0.0714. The molecular weight excluding hydrogens is 234 g/mol. The highest BCUT2D eigenvalue weighted by atomic mass is 35.5. The maximum absolute atomic E-state index is 11.0. The van der Waals surface area contributed by atoms with E-state index in [1.807, 2.05) is 37.3 Å². The maximum Gasteiger partial charge on any atom is 0.248 e. The first-order chi connectivity index (χ1) is 8.08. The van der Waals surface area contributed by atoms with Crippen LogP contribution in [0, 0.1) is 6.92 Å². The molecule has 2 aromatic carbocycles. The number of carbonyl (C=O) groups is 1. The van der Waals surface area contributed by atoms with E-state index in [0.717, 1.165) is 21.7 Å². The minimum atomic E-state index is -0.413. The first-order valence-corrected chi connectivity index (χ1v) is 5.62. The molecule has 86 valence electrons. The Bertz CT molecular complexity index is 561. The third-order valence-corrected chi connectivity index (χ3v) is 2.90. The summed E-state index contributed by atoms with van der Waals surface area (Å²) in [5.41, 5.74) is 8.96. The molecule has 0 aliphatic carbocycles. The van der Waals surface area contributed by atoms with E-state index < -0.39 is 5.91 Å². The van der Waals surface area contributed by atoms with Crippen LogP contribution in [-0.4, -0.2) is 5.91 Å². The molecule has 0 aliphatic heterocycles. The van der Waals surface area contributed by atoms with Crippen LogP contribution in [0.2, 0.25) is 5.02 Å². The molecule has 0 saturated carbocycles. The number of aryl methyl sites for hydroxylation is 1. The van der Waals surface area contributed by atoms with Crippen molar-refractivity contribution in [2.75, 3.05) is 0 Å². The molecule has 17 heavy (non-hydrogen) atoms. The topological polar surface area (TPSA) is 43.1 Å². The number of nitrogens with two attached hydrogens (primary N) is 1. The number of amides is 1. The van der Waals surface area contributed by atoms with Crippen molar-refractivity contribution in [3.63, 3.8) is 0 Å². The molecule has 2 nitrogen and oxygen atoms in total. The summed E-state index contributed by atoms with van der Waals surface area (Å²) >= 11 is 5.91. The standard InChI is InChI=1S/C14H12ClNO/c1-9-8-12(15)6-7-13(9)10-2-4-11(5-3-10)14(16)17/h2-8H,1H3,(H2,16,17). The van der Waals surface area contributed by atoms with Gasteiger partial charge in [-0.3, -0.25) is 4.79 Å². The molecule has 0 heterocycles. The van der Waals surface area contributed by atoms with E-state index in [2.05, 4.69) is 0 Å². The molecule has 0 saturated heterocycles. The highest BCUT2D eigenvalue weighted by molar-refractivity contribution is 6.30. The lowest BCUT2D eigenvalue weighted by Crippen LogP contribution is -2.10. The van der Waals surface area contributed by atoms with Crippen LogP contribution in [0.5, 0.6) is 0 Å². The summed E-state index contributed by atoms with van der Waals surface area (Å²) in [5, 5.41) is 0.722. The summed E-state index contributed by atoms with van der Waals surface area (Å²) in [6, 6.07) is 13.0. The summed E-state index contributed by atoms with van der Waals surface area (Å²) in [6.45, 7) is 2.00. The molecule has 3 heteroatoms. The fourth-order valence-corrected chi connectivity index (χ4v) is 1.99. The summed E-state index contributed by atoms with van der Waals surface area (Å²) in [5.74, 6) is -0.413. The number of carbonyl (C=O) groups excluding carboxylic acids is 1. The van der Waals surface area contributed by atoms with E-state index in [4.69, 9.17) is 17.3 Å². The van der Waals surface area contributed by atoms with Crippen molar-refractivity contribution in [2.24, 2.45) is 5.73 Å².